The fourth-order valence-electron chi connectivity index (χ4n) is 1.45. The fraction of sp³-hybridized carbons (Fsp3) is 0.182. The Morgan fingerprint density at radius 2 is 2.19 bits per heavy atom. The van der Waals surface area contributed by atoms with Gasteiger partial charge in [0.05, 0.1) is 16.4 Å². The molecule has 1 aromatic heterocycles. The highest BCUT2D eigenvalue weighted by atomic mass is 35.5. The molecule has 0 bridgehead atoms. The van der Waals surface area contributed by atoms with Crippen molar-refractivity contribution in [3.63, 3.8) is 0 Å². The Morgan fingerprint density at radius 1 is 1.44 bits per heavy atom. The van der Waals surface area contributed by atoms with Crippen LogP contribution >= 0.6 is 11.6 Å². The van der Waals surface area contributed by atoms with Gasteiger partial charge in [-0.2, -0.15) is 0 Å². The molecule has 0 spiro atoms. The largest absolute Gasteiger partial charge is 0.324 e. The Labute approximate surface area is 97.9 Å². The summed E-state index contributed by atoms with van der Waals surface area (Å²) in [6.45, 7) is 1.89. The summed E-state index contributed by atoms with van der Waals surface area (Å²) in [4.78, 5) is 4.25. The SMILES string of the molecule is Cc1cn(C)c(Nc2cc(F)ccc2Cl)n1. The first-order valence-corrected chi connectivity index (χ1v) is 5.16. The van der Waals surface area contributed by atoms with Gasteiger partial charge in [-0.1, -0.05) is 11.6 Å². The van der Waals surface area contributed by atoms with E-state index in [4.69, 9.17) is 11.6 Å². The van der Waals surface area contributed by atoms with Crippen molar-refractivity contribution in [2.45, 2.75) is 6.92 Å². The zero-order chi connectivity index (χ0) is 11.7. The molecule has 0 fully saturated rings. The molecule has 1 heterocycles. The molecule has 0 aliphatic rings. The number of aryl methyl sites for hydroxylation is 2. The highest BCUT2D eigenvalue weighted by Gasteiger charge is 2.06. The summed E-state index contributed by atoms with van der Waals surface area (Å²) in [5.41, 5.74) is 1.40. The highest BCUT2D eigenvalue weighted by molar-refractivity contribution is 6.33. The predicted molar refractivity (Wildman–Crippen MR) is 62.6 cm³/mol. The molecule has 0 radical (unpaired) electrons. The van der Waals surface area contributed by atoms with Crippen molar-refractivity contribution in [1.29, 1.82) is 0 Å². The lowest BCUT2D eigenvalue weighted by Crippen LogP contribution is -1.99. The number of aromatic nitrogens is 2. The van der Waals surface area contributed by atoms with Crippen LogP contribution < -0.4 is 5.32 Å². The molecule has 3 nitrogen and oxygen atoms in total. The Kier molecular flexibility index (Phi) is 2.83. The molecule has 0 aliphatic carbocycles. The van der Waals surface area contributed by atoms with Crippen LogP contribution in [0.5, 0.6) is 0 Å². The number of anilines is 2. The summed E-state index contributed by atoms with van der Waals surface area (Å²) in [5, 5.41) is 3.44. The van der Waals surface area contributed by atoms with Crippen molar-refractivity contribution in [3.05, 3.63) is 40.9 Å². The Hall–Kier alpha value is -1.55. The van der Waals surface area contributed by atoms with Gasteiger partial charge in [0.25, 0.3) is 0 Å². The second-order valence-electron chi connectivity index (χ2n) is 3.57. The Morgan fingerprint density at radius 3 is 2.81 bits per heavy atom. The molecular formula is C11H11ClFN3. The first kappa shape index (κ1) is 11.0. The number of halogens is 2. The summed E-state index contributed by atoms with van der Waals surface area (Å²) in [6, 6.07) is 4.17. The van der Waals surface area contributed by atoms with Crippen LogP contribution in [0.4, 0.5) is 16.0 Å². The highest BCUT2D eigenvalue weighted by Crippen LogP contribution is 2.25. The van der Waals surface area contributed by atoms with Gasteiger partial charge in [-0.05, 0) is 25.1 Å². The number of hydrogen-bond acceptors (Lipinski definition) is 2. The van der Waals surface area contributed by atoms with Gasteiger partial charge >= 0.3 is 0 Å². The first-order valence-electron chi connectivity index (χ1n) is 4.78. The number of imidazole rings is 1. The van der Waals surface area contributed by atoms with Crippen LogP contribution in [-0.4, -0.2) is 9.55 Å². The minimum Gasteiger partial charge on any atom is -0.324 e. The molecule has 0 aliphatic heterocycles. The third-order valence-electron chi connectivity index (χ3n) is 2.17. The molecule has 0 saturated carbocycles. The molecule has 0 amide bonds. The molecule has 5 heteroatoms. The summed E-state index contributed by atoms with van der Waals surface area (Å²) in [7, 11) is 1.86. The molecule has 2 rings (SSSR count). The lowest BCUT2D eigenvalue weighted by Gasteiger charge is -2.07. The minimum absolute atomic E-state index is 0.335. The number of nitrogens with one attached hydrogen (secondary N) is 1. The topological polar surface area (TPSA) is 29.9 Å². The van der Waals surface area contributed by atoms with Crippen molar-refractivity contribution >= 4 is 23.2 Å². The van der Waals surface area contributed by atoms with E-state index in [9.17, 15) is 4.39 Å². The van der Waals surface area contributed by atoms with E-state index >= 15 is 0 Å². The Balaban J connectivity index is 2.33. The molecule has 0 atom stereocenters. The standard InChI is InChI=1S/C11H11ClFN3/c1-7-6-16(2)11(14-7)15-10-5-8(13)3-4-9(10)12/h3-6H,1-2H3,(H,14,15). The van der Waals surface area contributed by atoms with E-state index in [2.05, 4.69) is 10.3 Å². The lowest BCUT2D eigenvalue weighted by atomic mass is 10.3. The summed E-state index contributed by atoms with van der Waals surface area (Å²) in [6.07, 6.45) is 1.87. The van der Waals surface area contributed by atoms with Crippen molar-refractivity contribution in [2.24, 2.45) is 7.05 Å². The number of hydrogen-bond donors (Lipinski definition) is 1. The van der Waals surface area contributed by atoms with E-state index < -0.39 is 0 Å². The average Bonchev–Trinajstić information content (AvgIpc) is 2.51. The number of nitrogens with zero attached hydrogens (tertiary/aromatic N) is 2. The number of rotatable bonds is 2. The third-order valence-corrected chi connectivity index (χ3v) is 2.50. The normalized spacial score (nSPS) is 10.5. The summed E-state index contributed by atoms with van der Waals surface area (Å²) in [5.74, 6) is 0.294. The molecule has 84 valence electrons. The van der Waals surface area contributed by atoms with Crippen molar-refractivity contribution < 1.29 is 4.39 Å². The van der Waals surface area contributed by atoms with E-state index in [1.54, 1.807) is 0 Å². The second-order valence-corrected chi connectivity index (χ2v) is 3.97. The van der Waals surface area contributed by atoms with Gasteiger partial charge < -0.3 is 9.88 Å². The second kappa shape index (κ2) is 4.14. The van der Waals surface area contributed by atoms with E-state index in [0.717, 1.165) is 5.69 Å². The van der Waals surface area contributed by atoms with Crippen LogP contribution in [0.3, 0.4) is 0 Å². The van der Waals surface area contributed by atoms with Gasteiger partial charge in [0, 0.05) is 13.2 Å². The maximum absolute atomic E-state index is 13.0. The summed E-state index contributed by atoms with van der Waals surface area (Å²) < 4.78 is 14.8. The Bertz CT molecular complexity index is 522. The zero-order valence-electron chi connectivity index (χ0n) is 8.96. The first-order chi connectivity index (χ1) is 7.56. The van der Waals surface area contributed by atoms with Crippen LogP contribution in [0, 0.1) is 12.7 Å². The zero-order valence-corrected chi connectivity index (χ0v) is 9.72. The van der Waals surface area contributed by atoms with E-state index in [1.807, 2.05) is 24.7 Å². The lowest BCUT2D eigenvalue weighted by molar-refractivity contribution is 0.628. The van der Waals surface area contributed by atoms with Crippen LogP contribution in [0.1, 0.15) is 5.69 Å². The van der Waals surface area contributed by atoms with E-state index in [0.29, 0.717) is 16.7 Å². The maximum atomic E-state index is 13.0. The predicted octanol–water partition coefficient (Wildman–Crippen LogP) is 3.26. The molecule has 1 aromatic carbocycles. The van der Waals surface area contributed by atoms with Crippen LogP contribution in [-0.2, 0) is 7.05 Å². The van der Waals surface area contributed by atoms with Gasteiger partial charge in [0.2, 0.25) is 5.95 Å². The molecular weight excluding hydrogens is 229 g/mol. The van der Waals surface area contributed by atoms with Gasteiger partial charge in [0.1, 0.15) is 5.82 Å². The molecule has 0 saturated heterocycles. The van der Waals surface area contributed by atoms with E-state index in [1.165, 1.54) is 18.2 Å². The van der Waals surface area contributed by atoms with Crippen molar-refractivity contribution in [3.8, 4) is 0 Å². The van der Waals surface area contributed by atoms with Crippen LogP contribution in [0.2, 0.25) is 5.02 Å². The van der Waals surface area contributed by atoms with Crippen molar-refractivity contribution in [1.82, 2.24) is 9.55 Å². The summed E-state index contributed by atoms with van der Waals surface area (Å²) >= 11 is 5.94. The van der Waals surface area contributed by atoms with Gasteiger partial charge in [-0.15, -0.1) is 0 Å². The van der Waals surface area contributed by atoms with E-state index in [-0.39, 0.29) is 5.82 Å². The monoisotopic (exact) mass is 239 g/mol. The van der Waals surface area contributed by atoms with Gasteiger partial charge in [-0.25, -0.2) is 9.37 Å². The third kappa shape index (κ3) is 2.17. The fourth-order valence-corrected chi connectivity index (χ4v) is 1.61. The van der Waals surface area contributed by atoms with Crippen LogP contribution in [0.15, 0.2) is 24.4 Å². The minimum atomic E-state index is -0.335. The quantitative estimate of drug-likeness (QED) is 0.872. The molecule has 2 aromatic rings. The van der Waals surface area contributed by atoms with Gasteiger partial charge in [-0.3, -0.25) is 0 Å². The molecule has 1 N–H and O–H groups in total. The van der Waals surface area contributed by atoms with Gasteiger partial charge in [0.15, 0.2) is 0 Å². The maximum Gasteiger partial charge on any atom is 0.207 e. The average molecular weight is 240 g/mol. The van der Waals surface area contributed by atoms with Crippen LogP contribution in [0.25, 0.3) is 0 Å². The molecule has 0 unspecified atom stereocenters. The smallest absolute Gasteiger partial charge is 0.207 e. The van der Waals surface area contributed by atoms with Crippen molar-refractivity contribution in [2.75, 3.05) is 5.32 Å². The molecule has 16 heavy (non-hydrogen) atoms. The number of benzene rings is 1.